The summed E-state index contributed by atoms with van der Waals surface area (Å²) in [6, 6.07) is 14.2. The third-order valence-electron chi connectivity index (χ3n) is 5.06. The van der Waals surface area contributed by atoms with Crippen LogP contribution in [0, 0.1) is 20.8 Å². The van der Waals surface area contributed by atoms with Crippen LogP contribution >= 0.6 is 11.3 Å². The first-order valence-electron chi connectivity index (χ1n) is 9.17. The maximum atomic E-state index is 13.5. The summed E-state index contributed by atoms with van der Waals surface area (Å²) in [5.74, 6) is -0.0882. The monoisotopic (exact) mass is 390 g/mol. The Bertz CT molecular complexity index is 1140. The second-order valence-corrected chi connectivity index (χ2v) is 8.04. The Morgan fingerprint density at radius 1 is 1.07 bits per heavy atom. The zero-order chi connectivity index (χ0) is 19.8. The number of fused-ring (bicyclic) bond motifs is 1. The molecule has 5 nitrogen and oxygen atoms in total. The normalized spacial score (nSPS) is 11.1. The van der Waals surface area contributed by atoms with Gasteiger partial charge in [-0.05, 0) is 49.1 Å². The van der Waals surface area contributed by atoms with Gasteiger partial charge in [-0.15, -0.1) is 0 Å². The largest absolute Gasteiger partial charge is 0.278 e. The number of hydrogen-bond acceptors (Lipinski definition) is 4. The minimum absolute atomic E-state index is 0.0882. The van der Waals surface area contributed by atoms with E-state index in [1.165, 1.54) is 5.56 Å². The maximum Gasteiger partial charge on any atom is 0.278 e. The van der Waals surface area contributed by atoms with Crippen molar-refractivity contribution in [1.82, 2.24) is 14.8 Å². The van der Waals surface area contributed by atoms with E-state index in [0.717, 1.165) is 26.9 Å². The SMILES string of the molecule is Cc1ccc2sc(N(Cc3ccccc3)C(=O)c3c(C)cnn3C)nc2c1C. The van der Waals surface area contributed by atoms with Crippen molar-refractivity contribution in [3.63, 3.8) is 0 Å². The summed E-state index contributed by atoms with van der Waals surface area (Å²) in [6.45, 7) is 6.53. The summed E-state index contributed by atoms with van der Waals surface area (Å²) >= 11 is 1.55. The predicted octanol–water partition coefficient (Wildman–Crippen LogP) is 4.80. The zero-order valence-electron chi connectivity index (χ0n) is 16.4. The molecule has 0 unspecified atom stereocenters. The van der Waals surface area contributed by atoms with E-state index in [1.807, 2.05) is 37.3 Å². The lowest BCUT2D eigenvalue weighted by atomic mass is 10.1. The Morgan fingerprint density at radius 3 is 2.50 bits per heavy atom. The van der Waals surface area contributed by atoms with Crippen molar-refractivity contribution in [2.24, 2.45) is 7.05 Å². The van der Waals surface area contributed by atoms with Crippen LogP contribution < -0.4 is 4.90 Å². The standard InChI is InChI=1S/C22H22N4OS/c1-14-10-11-18-19(16(14)3)24-22(28-18)26(13-17-8-6-5-7-9-17)21(27)20-15(2)12-23-25(20)4/h5-12H,13H2,1-4H3. The number of aromatic nitrogens is 3. The van der Waals surface area contributed by atoms with Gasteiger partial charge in [-0.2, -0.15) is 5.10 Å². The van der Waals surface area contributed by atoms with Gasteiger partial charge >= 0.3 is 0 Å². The van der Waals surface area contributed by atoms with Crippen LogP contribution in [0.5, 0.6) is 0 Å². The second kappa shape index (κ2) is 7.20. The smallest absolute Gasteiger partial charge is 0.278 e. The zero-order valence-corrected chi connectivity index (χ0v) is 17.2. The Labute approximate surface area is 168 Å². The molecule has 0 spiro atoms. The van der Waals surface area contributed by atoms with Crippen LogP contribution in [0.3, 0.4) is 0 Å². The van der Waals surface area contributed by atoms with Crippen molar-refractivity contribution in [1.29, 1.82) is 0 Å². The minimum atomic E-state index is -0.0882. The molecule has 4 aromatic rings. The molecule has 0 N–H and O–H groups in total. The molecule has 0 atom stereocenters. The fourth-order valence-electron chi connectivity index (χ4n) is 3.30. The number of nitrogens with zero attached hydrogens (tertiary/aromatic N) is 4. The number of rotatable bonds is 4. The molecule has 142 valence electrons. The van der Waals surface area contributed by atoms with Gasteiger partial charge in [0.1, 0.15) is 5.69 Å². The molecule has 1 amide bonds. The molecule has 2 aromatic carbocycles. The molecule has 0 aliphatic carbocycles. The van der Waals surface area contributed by atoms with Crippen molar-refractivity contribution in [2.45, 2.75) is 27.3 Å². The van der Waals surface area contributed by atoms with Gasteiger partial charge < -0.3 is 0 Å². The number of carbonyl (C=O) groups excluding carboxylic acids is 1. The molecular weight excluding hydrogens is 368 g/mol. The number of hydrogen-bond donors (Lipinski definition) is 0. The van der Waals surface area contributed by atoms with Gasteiger partial charge in [0.05, 0.1) is 23.0 Å². The van der Waals surface area contributed by atoms with Gasteiger partial charge in [0.2, 0.25) is 0 Å². The van der Waals surface area contributed by atoms with E-state index in [-0.39, 0.29) is 5.91 Å². The maximum absolute atomic E-state index is 13.5. The van der Waals surface area contributed by atoms with Gasteiger partial charge in [0.25, 0.3) is 5.91 Å². The highest BCUT2D eigenvalue weighted by atomic mass is 32.1. The third kappa shape index (κ3) is 3.20. The van der Waals surface area contributed by atoms with Crippen molar-refractivity contribution < 1.29 is 4.79 Å². The molecule has 0 aliphatic heterocycles. The highest BCUT2D eigenvalue weighted by Gasteiger charge is 2.26. The quantitative estimate of drug-likeness (QED) is 0.503. The van der Waals surface area contributed by atoms with Crippen LogP contribution in [0.1, 0.15) is 32.7 Å². The summed E-state index contributed by atoms with van der Waals surface area (Å²) in [5.41, 5.74) is 5.83. The molecule has 0 bridgehead atoms. The lowest BCUT2D eigenvalue weighted by molar-refractivity contribution is 0.0975. The Kier molecular flexibility index (Phi) is 4.73. The minimum Gasteiger partial charge on any atom is -0.278 e. The first-order chi connectivity index (χ1) is 13.5. The van der Waals surface area contributed by atoms with Crippen LogP contribution in [-0.4, -0.2) is 20.7 Å². The van der Waals surface area contributed by atoms with E-state index >= 15 is 0 Å². The van der Waals surface area contributed by atoms with Gasteiger partial charge in [-0.1, -0.05) is 47.7 Å². The average molecular weight is 391 g/mol. The molecule has 0 fully saturated rings. The molecule has 0 saturated carbocycles. The van der Waals surface area contributed by atoms with Crippen LogP contribution in [-0.2, 0) is 13.6 Å². The van der Waals surface area contributed by atoms with Crippen LogP contribution in [0.4, 0.5) is 5.13 Å². The lowest BCUT2D eigenvalue weighted by Crippen LogP contribution is -2.32. The molecule has 2 heterocycles. The first-order valence-corrected chi connectivity index (χ1v) is 9.98. The summed E-state index contributed by atoms with van der Waals surface area (Å²) in [6.07, 6.45) is 1.72. The van der Waals surface area contributed by atoms with Crippen LogP contribution in [0.2, 0.25) is 0 Å². The molecule has 2 aromatic heterocycles. The molecule has 6 heteroatoms. The molecule has 4 rings (SSSR count). The van der Waals surface area contributed by atoms with E-state index < -0.39 is 0 Å². The summed E-state index contributed by atoms with van der Waals surface area (Å²) in [4.78, 5) is 20.1. The van der Waals surface area contributed by atoms with Gasteiger partial charge in [-0.25, -0.2) is 4.98 Å². The van der Waals surface area contributed by atoms with Crippen LogP contribution in [0.25, 0.3) is 10.2 Å². The molecule has 0 saturated heterocycles. The van der Waals surface area contributed by atoms with E-state index in [2.05, 4.69) is 31.1 Å². The van der Waals surface area contributed by atoms with E-state index in [0.29, 0.717) is 17.4 Å². The molecule has 0 aliphatic rings. The van der Waals surface area contributed by atoms with Gasteiger partial charge in [0, 0.05) is 7.05 Å². The number of thiazole rings is 1. The Morgan fingerprint density at radius 2 is 1.82 bits per heavy atom. The number of amides is 1. The number of carbonyl (C=O) groups is 1. The van der Waals surface area contributed by atoms with Crippen molar-refractivity contribution in [3.8, 4) is 0 Å². The van der Waals surface area contributed by atoms with Gasteiger partial charge in [0.15, 0.2) is 5.13 Å². The number of aryl methyl sites for hydroxylation is 4. The topological polar surface area (TPSA) is 51.0 Å². The van der Waals surface area contributed by atoms with E-state index in [9.17, 15) is 4.79 Å². The Balaban J connectivity index is 1.83. The first kappa shape index (κ1) is 18.4. The summed E-state index contributed by atoms with van der Waals surface area (Å²) < 4.78 is 2.73. The number of anilines is 1. The second-order valence-electron chi connectivity index (χ2n) is 7.03. The summed E-state index contributed by atoms with van der Waals surface area (Å²) in [5, 5.41) is 4.95. The Hall–Kier alpha value is -2.99. The number of benzene rings is 2. The van der Waals surface area contributed by atoms with Crippen molar-refractivity contribution in [3.05, 3.63) is 76.6 Å². The van der Waals surface area contributed by atoms with Crippen molar-refractivity contribution >= 4 is 32.6 Å². The predicted molar refractivity (Wildman–Crippen MR) is 114 cm³/mol. The van der Waals surface area contributed by atoms with E-state index in [1.54, 1.807) is 34.2 Å². The fraction of sp³-hybridized carbons (Fsp3) is 0.227. The van der Waals surface area contributed by atoms with E-state index in [4.69, 9.17) is 4.98 Å². The van der Waals surface area contributed by atoms with Crippen molar-refractivity contribution in [2.75, 3.05) is 4.90 Å². The lowest BCUT2D eigenvalue weighted by Gasteiger charge is -2.20. The molecule has 28 heavy (non-hydrogen) atoms. The third-order valence-corrected chi connectivity index (χ3v) is 6.10. The average Bonchev–Trinajstić information content (AvgIpc) is 3.27. The molecule has 0 radical (unpaired) electrons. The molecular formula is C22H22N4OS. The van der Waals surface area contributed by atoms with Crippen LogP contribution in [0.15, 0.2) is 48.7 Å². The summed E-state index contributed by atoms with van der Waals surface area (Å²) in [7, 11) is 1.80. The fourth-order valence-corrected chi connectivity index (χ4v) is 4.33. The highest BCUT2D eigenvalue weighted by molar-refractivity contribution is 7.22. The van der Waals surface area contributed by atoms with Gasteiger partial charge in [-0.3, -0.25) is 14.4 Å². The highest BCUT2D eigenvalue weighted by Crippen LogP contribution is 2.33.